The number of carbonyl (C=O) groups is 2. The lowest BCUT2D eigenvalue weighted by molar-refractivity contribution is 0.0585. The van der Waals surface area contributed by atoms with Crippen LogP contribution in [0.25, 0.3) is 0 Å². The molecule has 2 heterocycles. The molecule has 0 aliphatic carbocycles. The van der Waals surface area contributed by atoms with E-state index in [1.165, 1.54) is 35.4 Å². The van der Waals surface area contributed by atoms with Crippen LogP contribution in [-0.4, -0.2) is 58.1 Å². The van der Waals surface area contributed by atoms with Crippen molar-refractivity contribution in [3.8, 4) is 6.07 Å². The summed E-state index contributed by atoms with van der Waals surface area (Å²) in [6, 6.07) is 7.12. The Morgan fingerprint density at radius 1 is 1.42 bits per heavy atom. The summed E-state index contributed by atoms with van der Waals surface area (Å²) in [5.41, 5.74) is 6.21. The molecule has 2 aromatic rings. The van der Waals surface area contributed by atoms with Crippen molar-refractivity contribution in [2.45, 2.75) is 37.8 Å². The molecule has 3 rings (SSSR count). The molecule has 1 saturated heterocycles. The fourth-order valence-electron chi connectivity index (χ4n) is 4.28. The molecular formula is C22H27FN6O4. The van der Waals surface area contributed by atoms with Gasteiger partial charge in [0.05, 0.1) is 18.5 Å². The number of ether oxygens (including phenoxy) is 1. The van der Waals surface area contributed by atoms with Crippen LogP contribution in [0.4, 0.5) is 20.7 Å². The molecule has 0 saturated carbocycles. The van der Waals surface area contributed by atoms with Gasteiger partial charge in [0.15, 0.2) is 5.82 Å². The van der Waals surface area contributed by atoms with Crippen LogP contribution >= 0.6 is 0 Å². The van der Waals surface area contributed by atoms with Gasteiger partial charge in [-0.25, -0.2) is 9.18 Å². The third-order valence-corrected chi connectivity index (χ3v) is 5.95. The zero-order chi connectivity index (χ0) is 24.0. The van der Waals surface area contributed by atoms with E-state index >= 15 is 0 Å². The lowest BCUT2D eigenvalue weighted by Gasteiger charge is -2.40. The molecule has 0 spiro atoms. The van der Waals surface area contributed by atoms with Crippen molar-refractivity contribution >= 4 is 23.5 Å². The van der Waals surface area contributed by atoms with Gasteiger partial charge < -0.3 is 25.8 Å². The highest BCUT2D eigenvalue weighted by Gasteiger charge is 2.36. The molecule has 0 bridgehead atoms. The molecule has 1 aliphatic heterocycles. The maximum Gasteiger partial charge on any atom is 0.407 e. The molecular weight excluding hydrogens is 431 g/mol. The lowest BCUT2D eigenvalue weighted by Crippen LogP contribution is -2.47. The molecule has 0 radical (unpaired) electrons. The number of methoxy groups -OCH3 is 1. The Morgan fingerprint density at radius 2 is 2.15 bits per heavy atom. The standard InChI is InChI=1S/C22H27FN6O4/c1-33-11-8-17-12-14(7-10-28(17)22(31)32)19(6-9-24)29-13-18(20(25)30)21(27-29)26-16-4-2-15(23)3-5-16/h2-5,13-14,17,19H,6-8,10-12H2,1H3,(H2,25,30)(H,26,27)(H,31,32). The number of aromatic nitrogens is 2. The third-order valence-electron chi connectivity index (χ3n) is 5.95. The van der Waals surface area contributed by atoms with Gasteiger partial charge in [-0.2, -0.15) is 10.4 Å². The van der Waals surface area contributed by atoms with Crippen LogP contribution in [0.2, 0.25) is 0 Å². The molecule has 2 amide bonds. The van der Waals surface area contributed by atoms with E-state index < -0.39 is 17.8 Å². The summed E-state index contributed by atoms with van der Waals surface area (Å²) in [5.74, 6) is -0.927. The Balaban J connectivity index is 1.88. The second-order valence-electron chi connectivity index (χ2n) is 7.99. The average molecular weight is 458 g/mol. The zero-order valence-electron chi connectivity index (χ0n) is 18.3. The van der Waals surface area contributed by atoms with Crippen molar-refractivity contribution in [2.75, 3.05) is 25.6 Å². The topological polar surface area (TPSA) is 146 Å². The van der Waals surface area contributed by atoms with E-state index in [0.29, 0.717) is 38.1 Å². The van der Waals surface area contributed by atoms with Crippen molar-refractivity contribution < 1.29 is 23.8 Å². The molecule has 1 aromatic carbocycles. The predicted molar refractivity (Wildman–Crippen MR) is 117 cm³/mol. The van der Waals surface area contributed by atoms with Crippen molar-refractivity contribution in [2.24, 2.45) is 11.7 Å². The first-order valence-electron chi connectivity index (χ1n) is 10.6. The number of nitrogens with zero attached hydrogens (tertiary/aromatic N) is 4. The number of carbonyl (C=O) groups excluding carboxylic acids is 1. The number of hydrogen-bond donors (Lipinski definition) is 3. The first-order chi connectivity index (χ1) is 15.8. The van der Waals surface area contributed by atoms with Crippen LogP contribution in [-0.2, 0) is 4.74 Å². The molecule has 11 heteroatoms. The molecule has 10 nitrogen and oxygen atoms in total. The average Bonchev–Trinajstić information content (AvgIpc) is 3.21. The monoisotopic (exact) mass is 458 g/mol. The van der Waals surface area contributed by atoms with Crippen molar-refractivity contribution in [3.05, 3.63) is 41.8 Å². The van der Waals surface area contributed by atoms with Gasteiger partial charge in [0, 0.05) is 38.2 Å². The SMILES string of the molecule is COCCC1CC(C(CC#N)n2cc(C(N)=O)c(Nc3ccc(F)cc3)n2)CCN1C(=O)O. The Kier molecular flexibility index (Phi) is 7.84. The van der Waals surface area contributed by atoms with E-state index in [9.17, 15) is 24.3 Å². The van der Waals surface area contributed by atoms with Crippen LogP contribution in [0.15, 0.2) is 30.5 Å². The molecule has 33 heavy (non-hydrogen) atoms. The number of carboxylic acid groups (broad SMARTS) is 1. The highest BCUT2D eigenvalue weighted by atomic mass is 19.1. The minimum atomic E-state index is -0.979. The quantitative estimate of drug-likeness (QED) is 0.523. The Labute approximate surface area is 190 Å². The van der Waals surface area contributed by atoms with Crippen LogP contribution < -0.4 is 11.1 Å². The van der Waals surface area contributed by atoms with Gasteiger partial charge >= 0.3 is 6.09 Å². The highest BCUT2D eigenvalue weighted by molar-refractivity contribution is 5.98. The van der Waals surface area contributed by atoms with E-state index in [1.807, 2.05) is 0 Å². The first-order valence-corrected chi connectivity index (χ1v) is 10.6. The van der Waals surface area contributed by atoms with Gasteiger partial charge in [-0.15, -0.1) is 0 Å². The van der Waals surface area contributed by atoms with Gasteiger partial charge in [0.25, 0.3) is 5.91 Å². The van der Waals surface area contributed by atoms with Gasteiger partial charge in [0.1, 0.15) is 11.4 Å². The highest BCUT2D eigenvalue weighted by Crippen LogP contribution is 2.36. The van der Waals surface area contributed by atoms with Crippen LogP contribution in [0, 0.1) is 23.1 Å². The van der Waals surface area contributed by atoms with Gasteiger partial charge in [-0.05, 0) is 49.4 Å². The Hall–Kier alpha value is -3.65. The second-order valence-corrected chi connectivity index (χ2v) is 7.99. The number of benzene rings is 1. The number of likely N-dealkylation sites (tertiary alicyclic amines) is 1. The summed E-state index contributed by atoms with van der Waals surface area (Å²) in [6.07, 6.45) is 2.28. The smallest absolute Gasteiger partial charge is 0.407 e. The molecule has 176 valence electrons. The lowest BCUT2D eigenvalue weighted by atomic mass is 9.83. The fourth-order valence-corrected chi connectivity index (χ4v) is 4.28. The summed E-state index contributed by atoms with van der Waals surface area (Å²) in [4.78, 5) is 25.1. The van der Waals surface area contributed by atoms with E-state index in [-0.39, 0.29) is 35.8 Å². The molecule has 3 atom stereocenters. The number of nitrogens with two attached hydrogens (primary N) is 1. The third kappa shape index (κ3) is 5.78. The maximum absolute atomic E-state index is 13.2. The van der Waals surface area contributed by atoms with Crippen molar-refractivity contribution in [1.82, 2.24) is 14.7 Å². The van der Waals surface area contributed by atoms with E-state index in [4.69, 9.17) is 10.5 Å². The summed E-state index contributed by atoms with van der Waals surface area (Å²) in [6.45, 7) is 0.754. The fraction of sp³-hybridized carbons (Fsp3) is 0.455. The second kappa shape index (κ2) is 10.8. The Morgan fingerprint density at radius 3 is 2.76 bits per heavy atom. The molecule has 1 aromatic heterocycles. The largest absolute Gasteiger partial charge is 0.465 e. The molecule has 4 N–H and O–H groups in total. The van der Waals surface area contributed by atoms with Gasteiger partial charge in [0.2, 0.25) is 0 Å². The number of halogens is 1. The predicted octanol–water partition coefficient (Wildman–Crippen LogP) is 3.11. The first kappa shape index (κ1) is 24.0. The van der Waals surface area contributed by atoms with Crippen molar-refractivity contribution in [1.29, 1.82) is 5.26 Å². The normalized spacial score (nSPS) is 19.0. The summed E-state index contributed by atoms with van der Waals surface area (Å²) < 4.78 is 19.9. The molecule has 1 aliphatic rings. The van der Waals surface area contributed by atoms with Crippen molar-refractivity contribution in [3.63, 3.8) is 0 Å². The van der Waals surface area contributed by atoms with E-state index in [2.05, 4.69) is 16.5 Å². The summed E-state index contributed by atoms with van der Waals surface area (Å²) in [5, 5.41) is 26.5. The van der Waals surface area contributed by atoms with Gasteiger partial charge in [-0.3, -0.25) is 9.48 Å². The number of primary amides is 1. The number of rotatable bonds is 9. The number of anilines is 2. The minimum absolute atomic E-state index is 0.0404. The summed E-state index contributed by atoms with van der Waals surface area (Å²) in [7, 11) is 1.56. The maximum atomic E-state index is 13.2. The zero-order valence-corrected chi connectivity index (χ0v) is 18.3. The summed E-state index contributed by atoms with van der Waals surface area (Å²) >= 11 is 0. The number of nitriles is 1. The number of hydrogen-bond acceptors (Lipinski definition) is 6. The van der Waals surface area contributed by atoms with E-state index in [0.717, 1.165) is 0 Å². The number of amides is 2. The van der Waals surface area contributed by atoms with Crippen LogP contribution in [0.3, 0.4) is 0 Å². The molecule has 3 unspecified atom stereocenters. The number of nitrogens with one attached hydrogen (secondary N) is 1. The number of piperidine rings is 1. The van der Waals surface area contributed by atoms with Gasteiger partial charge in [-0.1, -0.05) is 0 Å². The van der Waals surface area contributed by atoms with Crippen LogP contribution in [0.5, 0.6) is 0 Å². The van der Waals surface area contributed by atoms with Crippen LogP contribution in [0.1, 0.15) is 42.1 Å². The molecule has 1 fully saturated rings. The Bertz CT molecular complexity index is 1020. The minimum Gasteiger partial charge on any atom is -0.465 e. The van der Waals surface area contributed by atoms with E-state index in [1.54, 1.807) is 11.8 Å².